The van der Waals surface area contributed by atoms with Crippen LogP contribution in [-0.4, -0.2) is 37.4 Å². The molecule has 0 bridgehead atoms. The van der Waals surface area contributed by atoms with Crippen LogP contribution in [0.2, 0.25) is 10.0 Å². The molecule has 0 aliphatic carbocycles. The van der Waals surface area contributed by atoms with Crippen LogP contribution in [0, 0.1) is 0 Å². The molecule has 1 atom stereocenters. The van der Waals surface area contributed by atoms with Crippen molar-refractivity contribution in [3.63, 3.8) is 0 Å². The first kappa shape index (κ1) is 30.0. The summed E-state index contributed by atoms with van der Waals surface area (Å²) in [6.07, 6.45) is 6.11. The zero-order valence-corrected chi connectivity index (χ0v) is 25.3. The Labute approximate surface area is 269 Å². The number of amides is 1. The normalized spacial score (nSPS) is 12.1. The number of anilines is 1. The van der Waals surface area contributed by atoms with E-state index >= 15 is 0 Å². The van der Waals surface area contributed by atoms with Gasteiger partial charge in [0.25, 0.3) is 5.91 Å². The quantitative estimate of drug-likeness (QED) is 0.142. The van der Waals surface area contributed by atoms with E-state index in [1.165, 1.54) is 12.4 Å². The molecule has 0 aliphatic heterocycles. The van der Waals surface area contributed by atoms with E-state index < -0.39 is 23.5 Å². The summed E-state index contributed by atoms with van der Waals surface area (Å²) in [6.45, 7) is 0. The summed E-state index contributed by atoms with van der Waals surface area (Å²) in [6, 6.07) is 31.9. The van der Waals surface area contributed by atoms with Crippen LogP contribution in [0.15, 0.2) is 128 Å². The first-order valence-electron chi connectivity index (χ1n) is 14.1. The smallest absolute Gasteiger partial charge is 0.321 e. The number of imidazole rings is 1. The lowest BCUT2D eigenvalue weighted by atomic mass is 9.76. The Morgan fingerprint density at radius 1 is 0.800 bits per heavy atom. The lowest BCUT2D eigenvalue weighted by molar-refractivity contribution is -0.139. The molecule has 45 heavy (non-hydrogen) atoms. The van der Waals surface area contributed by atoms with E-state index in [-0.39, 0.29) is 22.0 Å². The molecule has 6 rings (SSSR count). The Kier molecular flexibility index (Phi) is 8.62. The van der Waals surface area contributed by atoms with E-state index in [2.05, 4.69) is 20.6 Å². The average molecular weight is 637 g/mol. The predicted molar refractivity (Wildman–Crippen MR) is 175 cm³/mol. The van der Waals surface area contributed by atoms with Crippen LogP contribution in [0.5, 0.6) is 0 Å². The van der Waals surface area contributed by atoms with Gasteiger partial charge in [-0.2, -0.15) is 0 Å². The number of aromatic nitrogens is 3. The summed E-state index contributed by atoms with van der Waals surface area (Å²) < 4.78 is 1.76. The lowest BCUT2D eigenvalue weighted by Crippen LogP contribution is -2.53. The first-order chi connectivity index (χ1) is 21.9. The lowest BCUT2D eigenvalue weighted by Gasteiger charge is -2.39. The molecular weight excluding hydrogens is 609 g/mol. The Morgan fingerprint density at radius 3 is 1.84 bits per heavy atom. The monoisotopic (exact) mass is 635 g/mol. The van der Waals surface area contributed by atoms with E-state index in [1.54, 1.807) is 28.9 Å². The van der Waals surface area contributed by atoms with Gasteiger partial charge in [0.2, 0.25) is 0 Å². The van der Waals surface area contributed by atoms with Crippen LogP contribution in [0.1, 0.15) is 32.7 Å². The van der Waals surface area contributed by atoms with Crippen molar-refractivity contribution in [2.75, 3.05) is 5.32 Å². The summed E-state index contributed by atoms with van der Waals surface area (Å²) in [5, 5.41) is 17.3. The van der Waals surface area contributed by atoms with E-state index in [1.807, 2.05) is 91.0 Å². The van der Waals surface area contributed by atoms with Gasteiger partial charge in [-0.1, -0.05) is 114 Å². The number of nitrogens with zero attached hydrogens (tertiary/aromatic N) is 3. The number of aliphatic carboxylic acids is 1. The van der Waals surface area contributed by atoms with Crippen molar-refractivity contribution in [3.05, 3.63) is 166 Å². The fourth-order valence-electron chi connectivity index (χ4n) is 5.63. The van der Waals surface area contributed by atoms with Gasteiger partial charge in [0.15, 0.2) is 5.65 Å². The topological polar surface area (TPSA) is 109 Å². The van der Waals surface area contributed by atoms with Crippen molar-refractivity contribution in [1.29, 1.82) is 0 Å². The minimum absolute atomic E-state index is 0.0938. The molecule has 0 saturated carbocycles. The molecule has 3 aromatic heterocycles. The van der Waals surface area contributed by atoms with E-state index in [4.69, 9.17) is 23.2 Å². The van der Waals surface area contributed by atoms with Gasteiger partial charge in [0.1, 0.15) is 6.04 Å². The van der Waals surface area contributed by atoms with Gasteiger partial charge in [0, 0.05) is 36.9 Å². The maximum atomic E-state index is 13.1. The highest BCUT2D eigenvalue weighted by Crippen LogP contribution is 2.37. The summed E-state index contributed by atoms with van der Waals surface area (Å²) in [4.78, 5) is 34.5. The molecule has 0 fully saturated rings. The third-order valence-electron chi connectivity index (χ3n) is 7.68. The molecule has 0 radical (unpaired) electrons. The van der Waals surface area contributed by atoms with Crippen LogP contribution in [0.25, 0.3) is 5.65 Å². The molecule has 10 heteroatoms. The molecule has 8 nitrogen and oxygen atoms in total. The van der Waals surface area contributed by atoms with Gasteiger partial charge >= 0.3 is 5.97 Å². The molecule has 1 amide bonds. The van der Waals surface area contributed by atoms with Crippen LogP contribution in [0.3, 0.4) is 0 Å². The highest BCUT2D eigenvalue weighted by Gasteiger charge is 2.40. The minimum atomic E-state index is -1.04. The number of carboxylic acids is 1. The Balaban J connectivity index is 1.40. The second-order valence-corrected chi connectivity index (χ2v) is 11.2. The standard InChI is InChI=1S/C35H27Cl2N5O3/c36-27-21-38-22-28(37)31(27)33(43)40-29-17-16-26(42-19-18-39-32(29)42)20-30(34(44)45)41-35(23-10-4-1-5-11-23,24-12-6-2-7-13-24)25-14-8-3-9-15-25/h1-19,21-22,30,41H,20H2,(H,40,43)(H,44,45). The van der Waals surface area contributed by atoms with E-state index in [0.717, 1.165) is 16.7 Å². The Bertz CT molecular complexity index is 1850. The number of fused-ring (bicyclic) bond motifs is 1. The summed E-state index contributed by atoms with van der Waals surface area (Å²) in [7, 11) is 0. The van der Waals surface area contributed by atoms with Crippen molar-refractivity contribution < 1.29 is 14.7 Å². The molecule has 3 heterocycles. The number of halogens is 2. The van der Waals surface area contributed by atoms with Gasteiger partial charge in [-0.05, 0) is 28.8 Å². The van der Waals surface area contributed by atoms with Crippen LogP contribution < -0.4 is 10.6 Å². The molecular formula is C35H27Cl2N5O3. The second kappa shape index (κ2) is 12.9. The van der Waals surface area contributed by atoms with Crippen LogP contribution in [0.4, 0.5) is 5.69 Å². The van der Waals surface area contributed by atoms with Gasteiger partial charge in [-0.25, -0.2) is 4.98 Å². The Hall–Kier alpha value is -5.02. The number of carbonyl (C=O) groups is 2. The molecule has 1 unspecified atom stereocenters. The van der Waals surface area contributed by atoms with Crippen LogP contribution >= 0.6 is 23.2 Å². The van der Waals surface area contributed by atoms with Gasteiger partial charge < -0.3 is 14.8 Å². The average Bonchev–Trinajstić information content (AvgIpc) is 3.56. The molecule has 3 aromatic carbocycles. The fourth-order valence-corrected chi connectivity index (χ4v) is 6.17. The summed E-state index contributed by atoms with van der Waals surface area (Å²) in [5.74, 6) is -1.54. The van der Waals surface area contributed by atoms with Crippen LogP contribution in [-0.2, 0) is 16.8 Å². The number of benzene rings is 3. The number of hydrogen-bond donors (Lipinski definition) is 3. The SMILES string of the molecule is O=C(Nc1ccc(CC(NC(c2ccccc2)(c2ccccc2)c2ccccc2)C(=O)O)n2ccnc12)c1c(Cl)cncc1Cl. The second-order valence-electron chi connectivity index (χ2n) is 10.4. The molecule has 3 N–H and O–H groups in total. The van der Waals surface area contributed by atoms with Crippen molar-refractivity contribution >= 4 is 46.4 Å². The molecule has 224 valence electrons. The minimum Gasteiger partial charge on any atom is -0.480 e. The van der Waals surface area contributed by atoms with Crippen molar-refractivity contribution in [1.82, 2.24) is 19.7 Å². The fraction of sp³-hybridized carbons (Fsp3) is 0.0857. The number of pyridine rings is 2. The van der Waals surface area contributed by atoms with Gasteiger partial charge in [0.05, 0.1) is 26.8 Å². The number of nitrogens with one attached hydrogen (secondary N) is 2. The maximum absolute atomic E-state index is 13.1. The predicted octanol–water partition coefficient (Wildman–Crippen LogP) is 6.87. The van der Waals surface area contributed by atoms with E-state index in [9.17, 15) is 14.7 Å². The zero-order valence-electron chi connectivity index (χ0n) is 23.8. The number of rotatable bonds is 10. The number of carbonyl (C=O) groups excluding carboxylic acids is 1. The van der Waals surface area contributed by atoms with Gasteiger partial charge in [-0.15, -0.1) is 0 Å². The largest absolute Gasteiger partial charge is 0.480 e. The Morgan fingerprint density at radius 2 is 1.33 bits per heavy atom. The highest BCUT2D eigenvalue weighted by molar-refractivity contribution is 6.40. The molecule has 0 saturated heterocycles. The zero-order chi connectivity index (χ0) is 31.4. The maximum Gasteiger partial charge on any atom is 0.321 e. The number of hydrogen-bond acceptors (Lipinski definition) is 5. The van der Waals surface area contributed by atoms with Gasteiger partial charge in [-0.3, -0.25) is 19.9 Å². The third kappa shape index (κ3) is 5.91. The van der Waals surface area contributed by atoms with Crippen molar-refractivity contribution in [3.8, 4) is 0 Å². The summed E-state index contributed by atoms with van der Waals surface area (Å²) >= 11 is 12.4. The number of carboxylic acid groups (broad SMARTS) is 1. The van der Waals surface area contributed by atoms with Crippen molar-refractivity contribution in [2.45, 2.75) is 18.0 Å². The third-order valence-corrected chi connectivity index (χ3v) is 8.26. The highest BCUT2D eigenvalue weighted by atomic mass is 35.5. The van der Waals surface area contributed by atoms with E-state index in [0.29, 0.717) is 17.0 Å². The first-order valence-corrected chi connectivity index (χ1v) is 14.9. The molecule has 0 aliphatic rings. The summed E-state index contributed by atoms with van der Waals surface area (Å²) in [5.41, 5.74) is 3.31. The molecule has 0 spiro atoms. The molecule has 6 aromatic rings. The van der Waals surface area contributed by atoms with Crippen molar-refractivity contribution in [2.24, 2.45) is 0 Å².